The van der Waals surface area contributed by atoms with E-state index in [-0.39, 0.29) is 5.92 Å². The van der Waals surface area contributed by atoms with Gasteiger partial charge in [-0.3, -0.25) is 4.79 Å². The summed E-state index contributed by atoms with van der Waals surface area (Å²) < 4.78 is 0.700. The Morgan fingerprint density at radius 1 is 1.56 bits per heavy atom. The molecule has 0 aliphatic heterocycles. The molecule has 96 valence electrons. The van der Waals surface area contributed by atoms with E-state index in [1.807, 2.05) is 13.8 Å². The molecule has 1 aromatic carbocycles. The number of hydrogen-bond acceptors (Lipinski definition) is 3. The van der Waals surface area contributed by atoms with Crippen molar-refractivity contribution in [2.75, 3.05) is 11.9 Å². The minimum absolute atomic E-state index is 0.0349. The van der Waals surface area contributed by atoms with E-state index in [1.54, 1.807) is 18.2 Å². The number of carboxylic acids is 1. The second kappa shape index (κ2) is 6.41. The number of hydrogen-bond donors (Lipinski definition) is 2. The maximum Gasteiger partial charge on any atom is 0.308 e. The van der Waals surface area contributed by atoms with Gasteiger partial charge in [0.25, 0.3) is 0 Å². The van der Waals surface area contributed by atoms with E-state index in [4.69, 9.17) is 10.4 Å². The number of carboxylic acid groups (broad SMARTS) is 1. The molecule has 1 atom stereocenters. The molecule has 4 nitrogen and oxygen atoms in total. The first-order chi connectivity index (χ1) is 8.47. The number of halogens is 1. The maximum absolute atomic E-state index is 11.1. The lowest BCUT2D eigenvalue weighted by Gasteiger charge is -2.18. The largest absolute Gasteiger partial charge is 0.481 e. The summed E-state index contributed by atoms with van der Waals surface area (Å²) in [6, 6.07) is 7.44. The van der Waals surface area contributed by atoms with E-state index in [0.717, 1.165) is 0 Å². The van der Waals surface area contributed by atoms with Crippen LogP contribution in [0.2, 0.25) is 0 Å². The average Bonchev–Trinajstić information content (AvgIpc) is 2.28. The molecule has 18 heavy (non-hydrogen) atoms. The molecule has 0 heterocycles. The Morgan fingerprint density at radius 3 is 2.72 bits per heavy atom. The molecule has 5 heteroatoms. The van der Waals surface area contributed by atoms with Crippen molar-refractivity contribution in [3.63, 3.8) is 0 Å². The molecule has 0 saturated carbocycles. The second-order valence-corrected chi connectivity index (χ2v) is 5.20. The maximum atomic E-state index is 11.1. The Morgan fingerprint density at radius 2 is 2.22 bits per heavy atom. The lowest BCUT2D eigenvalue weighted by atomic mass is 9.96. The van der Waals surface area contributed by atoms with Gasteiger partial charge in [0.2, 0.25) is 0 Å². The van der Waals surface area contributed by atoms with Crippen molar-refractivity contribution in [2.45, 2.75) is 13.8 Å². The first-order valence-corrected chi connectivity index (χ1v) is 6.42. The number of nitriles is 1. The molecule has 0 saturated heterocycles. The van der Waals surface area contributed by atoms with Crippen LogP contribution in [0.25, 0.3) is 0 Å². The van der Waals surface area contributed by atoms with E-state index >= 15 is 0 Å². The molecule has 0 spiro atoms. The van der Waals surface area contributed by atoms with Crippen molar-refractivity contribution in [1.82, 2.24) is 0 Å². The number of nitrogens with one attached hydrogen (secondary N) is 1. The summed E-state index contributed by atoms with van der Waals surface area (Å²) >= 11 is 3.29. The molecule has 0 radical (unpaired) electrons. The van der Waals surface area contributed by atoms with Crippen molar-refractivity contribution in [1.29, 1.82) is 5.26 Å². The number of rotatable bonds is 5. The van der Waals surface area contributed by atoms with Gasteiger partial charge in [-0.15, -0.1) is 0 Å². The fraction of sp³-hybridized carbons (Fsp3) is 0.385. The standard InChI is InChI=1S/C13H15BrN2O2/c1-8(2)10(13(17)18)7-16-12-5-3-4-11(14)9(12)6-15/h3-5,8,10,16H,7H2,1-2H3,(H,17,18). The monoisotopic (exact) mass is 310 g/mol. The van der Waals surface area contributed by atoms with Gasteiger partial charge in [0.1, 0.15) is 6.07 Å². The highest BCUT2D eigenvalue weighted by Gasteiger charge is 2.21. The van der Waals surface area contributed by atoms with Crippen LogP contribution in [-0.4, -0.2) is 17.6 Å². The highest BCUT2D eigenvalue weighted by molar-refractivity contribution is 9.10. The Labute approximate surface area is 115 Å². The molecule has 0 aliphatic carbocycles. The first kappa shape index (κ1) is 14.5. The third-order valence-electron chi connectivity index (χ3n) is 2.76. The van der Waals surface area contributed by atoms with Crippen molar-refractivity contribution in [2.24, 2.45) is 11.8 Å². The molecule has 0 fully saturated rings. The van der Waals surface area contributed by atoms with E-state index in [9.17, 15) is 4.79 Å². The van der Waals surface area contributed by atoms with E-state index in [2.05, 4.69) is 27.3 Å². The molecule has 0 amide bonds. The van der Waals surface area contributed by atoms with Gasteiger partial charge in [-0.25, -0.2) is 0 Å². The smallest absolute Gasteiger partial charge is 0.308 e. The van der Waals surface area contributed by atoms with E-state index < -0.39 is 11.9 Å². The summed E-state index contributed by atoms with van der Waals surface area (Å²) in [7, 11) is 0. The van der Waals surface area contributed by atoms with Crippen LogP contribution < -0.4 is 5.32 Å². The molecule has 1 unspecified atom stereocenters. The lowest BCUT2D eigenvalue weighted by Crippen LogP contribution is -2.27. The third-order valence-corrected chi connectivity index (χ3v) is 3.42. The Kier molecular flexibility index (Phi) is 5.17. The number of nitrogens with zero attached hydrogens (tertiary/aromatic N) is 1. The number of anilines is 1. The number of aliphatic carboxylic acids is 1. The van der Waals surface area contributed by atoms with Crippen LogP contribution in [0.15, 0.2) is 22.7 Å². The summed E-state index contributed by atoms with van der Waals surface area (Å²) in [5.74, 6) is -1.27. The average molecular weight is 311 g/mol. The van der Waals surface area contributed by atoms with Gasteiger partial charge >= 0.3 is 5.97 Å². The van der Waals surface area contributed by atoms with E-state index in [1.165, 1.54) is 0 Å². The second-order valence-electron chi connectivity index (χ2n) is 4.34. The number of benzene rings is 1. The Balaban J connectivity index is 2.84. The highest BCUT2D eigenvalue weighted by atomic mass is 79.9. The summed E-state index contributed by atoms with van der Waals surface area (Å²) in [6.45, 7) is 4.04. The van der Waals surface area contributed by atoms with Crippen molar-refractivity contribution < 1.29 is 9.90 Å². The normalized spacial score (nSPS) is 11.9. The van der Waals surface area contributed by atoms with Crippen LogP contribution in [0.1, 0.15) is 19.4 Å². The fourth-order valence-electron chi connectivity index (χ4n) is 1.61. The topological polar surface area (TPSA) is 73.1 Å². The summed E-state index contributed by atoms with van der Waals surface area (Å²) in [4.78, 5) is 11.1. The van der Waals surface area contributed by atoms with Crippen LogP contribution >= 0.6 is 15.9 Å². The highest BCUT2D eigenvalue weighted by Crippen LogP contribution is 2.24. The summed E-state index contributed by atoms with van der Waals surface area (Å²) in [6.07, 6.45) is 0. The fourth-order valence-corrected chi connectivity index (χ4v) is 2.07. The quantitative estimate of drug-likeness (QED) is 0.876. The van der Waals surface area contributed by atoms with Crippen LogP contribution in [-0.2, 0) is 4.79 Å². The molecule has 1 aromatic rings. The predicted octanol–water partition coefficient (Wildman–Crippen LogP) is 3.09. The molecular weight excluding hydrogens is 296 g/mol. The lowest BCUT2D eigenvalue weighted by molar-refractivity contribution is -0.142. The molecule has 0 aromatic heterocycles. The van der Waals surface area contributed by atoms with Gasteiger partial charge in [-0.05, 0) is 34.0 Å². The Hall–Kier alpha value is -1.54. The van der Waals surface area contributed by atoms with Gasteiger partial charge in [-0.2, -0.15) is 5.26 Å². The summed E-state index contributed by atoms with van der Waals surface area (Å²) in [5, 5.41) is 21.2. The van der Waals surface area contributed by atoms with Gasteiger partial charge < -0.3 is 10.4 Å². The van der Waals surface area contributed by atoms with Gasteiger partial charge in [0, 0.05) is 11.0 Å². The van der Waals surface area contributed by atoms with Crippen LogP contribution in [0.3, 0.4) is 0 Å². The van der Waals surface area contributed by atoms with Gasteiger partial charge in [0.15, 0.2) is 0 Å². The van der Waals surface area contributed by atoms with Crippen molar-refractivity contribution in [3.8, 4) is 6.07 Å². The molecule has 0 bridgehead atoms. The first-order valence-electron chi connectivity index (χ1n) is 5.62. The SMILES string of the molecule is CC(C)C(CNc1cccc(Br)c1C#N)C(=O)O. The van der Waals surface area contributed by atoms with E-state index in [0.29, 0.717) is 22.3 Å². The van der Waals surface area contributed by atoms with Crippen molar-refractivity contribution >= 4 is 27.6 Å². The predicted molar refractivity (Wildman–Crippen MR) is 73.3 cm³/mol. The zero-order chi connectivity index (χ0) is 13.7. The minimum atomic E-state index is -0.828. The molecule has 0 aliphatic rings. The Bertz CT molecular complexity index is 480. The van der Waals surface area contributed by atoms with Gasteiger partial charge in [-0.1, -0.05) is 19.9 Å². The molecule has 2 N–H and O–H groups in total. The molecule has 1 rings (SSSR count). The zero-order valence-corrected chi connectivity index (χ0v) is 11.9. The molecular formula is C13H15BrN2O2. The van der Waals surface area contributed by atoms with Crippen LogP contribution in [0.5, 0.6) is 0 Å². The third kappa shape index (κ3) is 3.47. The van der Waals surface area contributed by atoms with Crippen LogP contribution in [0, 0.1) is 23.2 Å². The van der Waals surface area contributed by atoms with Gasteiger partial charge in [0.05, 0.1) is 17.2 Å². The summed E-state index contributed by atoms with van der Waals surface area (Å²) in [5.41, 5.74) is 1.14. The van der Waals surface area contributed by atoms with Crippen LogP contribution in [0.4, 0.5) is 5.69 Å². The van der Waals surface area contributed by atoms with Crippen molar-refractivity contribution in [3.05, 3.63) is 28.2 Å². The minimum Gasteiger partial charge on any atom is -0.481 e. The zero-order valence-electron chi connectivity index (χ0n) is 10.3. The number of carbonyl (C=O) groups is 1.